The Morgan fingerprint density at radius 2 is 1.91 bits per heavy atom. The first-order valence-electron chi connectivity index (χ1n) is 14.1. The lowest BCUT2D eigenvalue weighted by Gasteiger charge is -2.36. The zero-order valence-electron chi connectivity index (χ0n) is 25.3. The molecule has 0 saturated carbocycles. The summed E-state index contributed by atoms with van der Waals surface area (Å²) in [5.74, 6) is -1.09. The summed E-state index contributed by atoms with van der Waals surface area (Å²) >= 11 is 9.27. The van der Waals surface area contributed by atoms with Crippen molar-refractivity contribution >= 4 is 73.3 Å². The van der Waals surface area contributed by atoms with Crippen LogP contribution < -0.4 is 26.0 Å². The molecule has 236 valence electrons. The van der Waals surface area contributed by atoms with Crippen LogP contribution >= 0.6 is 27.5 Å². The number of carbonyl (C=O) groups is 3. The summed E-state index contributed by atoms with van der Waals surface area (Å²) in [5.41, 5.74) is 0.301. The Hall–Kier alpha value is -3.55. The predicted molar refractivity (Wildman–Crippen MR) is 172 cm³/mol. The number of anilines is 3. The fourth-order valence-electron chi connectivity index (χ4n) is 4.93. The van der Waals surface area contributed by atoms with Crippen LogP contribution in [-0.2, 0) is 14.4 Å². The Labute approximate surface area is 268 Å². The van der Waals surface area contributed by atoms with Crippen LogP contribution in [0.1, 0.15) is 40.5 Å². The number of hydrogen-bond acceptors (Lipinski definition) is 8. The predicted octanol–water partition coefficient (Wildman–Crippen LogP) is 5.01. The lowest BCUT2D eigenvalue weighted by molar-refractivity contribution is -0.143. The van der Waals surface area contributed by atoms with Crippen molar-refractivity contribution < 1.29 is 23.5 Å². The van der Waals surface area contributed by atoms with Crippen molar-refractivity contribution in [1.82, 2.24) is 25.5 Å². The zero-order chi connectivity index (χ0) is 32.3. The maximum atomic E-state index is 14.8. The second-order valence-corrected chi connectivity index (χ2v) is 12.9. The number of nitrogens with one attached hydrogen (secondary N) is 4. The number of aromatic nitrogens is 2. The summed E-state index contributed by atoms with van der Waals surface area (Å²) in [6, 6.07) is 4.29. The van der Waals surface area contributed by atoms with Gasteiger partial charge in [-0.15, -0.1) is 0 Å². The average molecular weight is 693 g/mol. The lowest BCUT2D eigenvalue weighted by atomic mass is 9.85. The Bertz CT molecular complexity index is 1590. The van der Waals surface area contributed by atoms with Crippen molar-refractivity contribution in [2.75, 3.05) is 31.3 Å². The van der Waals surface area contributed by atoms with Crippen LogP contribution in [0.15, 0.2) is 35.1 Å². The third-order valence-corrected chi connectivity index (χ3v) is 8.83. The number of benzene rings is 2. The van der Waals surface area contributed by atoms with Gasteiger partial charge in [-0.25, -0.2) is 14.4 Å². The summed E-state index contributed by atoms with van der Waals surface area (Å²) in [7, 11) is 3.13. The highest BCUT2D eigenvalue weighted by Crippen LogP contribution is 2.36. The van der Waals surface area contributed by atoms with Gasteiger partial charge in [-0.2, -0.15) is 0 Å². The van der Waals surface area contributed by atoms with Gasteiger partial charge < -0.3 is 30.9 Å². The maximum Gasteiger partial charge on any atom is 0.247 e. The fourth-order valence-corrected chi connectivity index (χ4v) is 5.40. The molecule has 1 saturated heterocycles. The Morgan fingerprint density at radius 1 is 1.18 bits per heavy atom. The van der Waals surface area contributed by atoms with Crippen molar-refractivity contribution in [3.63, 3.8) is 0 Å². The van der Waals surface area contributed by atoms with Crippen LogP contribution in [0, 0.1) is 11.2 Å². The van der Waals surface area contributed by atoms with E-state index >= 15 is 0 Å². The summed E-state index contributed by atoms with van der Waals surface area (Å²) in [5, 5.41) is 12.0. The first-order valence-corrected chi connectivity index (χ1v) is 15.3. The normalized spacial score (nSPS) is 16.4. The number of likely N-dealkylation sites (tertiary alicyclic amines) is 1. The smallest absolute Gasteiger partial charge is 0.247 e. The number of methoxy groups -OCH3 is 1. The standard InChI is InChI=1S/C30H36BrClFN7O4/c1-15(34-5)27(41)39-25(30(2,3)4)29(43)40-11-7-8-21(40)28(42)38-20-12-16-19(13-22(20)44-6)35-14-36-26(16)37-18-10-9-17(31)23(32)24(18)33/h9-10,12-15,21,25,34H,7-8,11H2,1-6H3,(H,38,42)(H,39,41)(H,35,36,37)/t15-,21?,25+/m0/s1. The molecule has 3 amide bonds. The second kappa shape index (κ2) is 13.6. The van der Waals surface area contributed by atoms with E-state index < -0.39 is 35.3 Å². The van der Waals surface area contributed by atoms with Crippen molar-refractivity contribution in [3.05, 3.63) is 45.9 Å². The Morgan fingerprint density at radius 3 is 2.57 bits per heavy atom. The summed E-state index contributed by atoms with van der Waals surface area (Å²) in [6.45, 7) is 7.68. The van der Waals surface area contributed by atoms with Gasteiger partial charge in [-0.3, -0.25) is 14.4 Å². The molecule has 1 unspecified atom stereocenters. The van der Waals surface area contributed by atoms with Gasteiger partial charge in [0, 0.05) is 22.5 Å². The molecular weight excluding hydrogens is 657 g/mol. The molecule has 1 aromatic heterocycles. The summed E-state index contributed by atoms with van der Waals surface area (Å²) in [6.07, 6.45) is 2.40. The molecule has 0 bridgehead atoms. The molecule has 14 heteroatoms. The first-order chi connectivity index (χ1) is 20.8. The van der Waals surface area contributed by atoms with Crippen molar-refractivity contribution in [1.29, 1.82) is 0 Å². The minimum absolute atomic E-state index is 0.0801. The monoisotopic (exact) mass is 691 g/mol. The SMILES string of the molecule is CN[C@@H](C)C(=O)N[C@H](C(=O)N1CCCC1C(=O)Nc1cc2c(Nc3ccc(Br)c(Cl)c3F)ncnc2cc1OC)C(C)(C)C. The molecule has 0 aliphatic carbocycles. The van der Waals surface area contributed by atoms with E-state index in [1.807, 2.05) is 20.8 Å². The van der Waals surface area contributed by atoms with Gasteiger partial charge in [0.15, 0.2) is 5.82 Å². The number of rotatable bonds is 9. The van der Waals surface area contributed by atoms with E-state index in [1.54, 1.807) is 32.2 Å². The van der Waals surface area contributed by atoms with Gasteiger partial charge in [0.25, 0.3) is 0 Å². The van der Waals surface area contributed by atoms with Crippen LogP contribution in [0.5, 0.6) is 5.75 Å². The molecule has 1 aliphatic heterocycles. The molecule has 1 aliphatic rings. The topological polar surface area (TPSA) is 138 Å². The van der Waals surface area contributed by atoms with E-state index in [9.17, 15) is 18.8 Å². The zero-order valence-corrected chi connectivity index (χ0v) is 27.7. The molecule has 3 aromatic rings. The summed E-state index contributed by atoms with van der Waals surface area (Å²) in [4.78, 5) is 50.3. The van der Waals surface area contributed by atoms with Crippen molar-refractivity contribution in [3.8, 4) is 5.75 Å². The van der Waals surface area contributed by atoms with Crippen LogP contribution in [0.4, 0.5) is 21.6 Å². The van der Waals surface area contributed by atoms with Gasteiger partial charge in [-0.1, -0.05) is 32.4 Å². The quantitative estimate of drug-likeness (QED) is 0.230. The first kappa shape index (κ1) is 33.3. The molecule has 0 spiro atoms. The van der Waals surface area contributed by atoms with E-state index in [0.29, 0.717) is 46.2 Å². The van der Waals surface area contributed by atoms with E-state index in [4.69, 9.17) is 16.3 Å². The maximum absolute atomic E-state index is 14.8. The number of carbonyl (C=O) groups excluding carboxylic acids is 3. The fraction of sp³-hybridized carbons (Fsp3) is 0.433. The van der Waals surface area contributed by atoms with E-state index in [0.717, 1.165) is 0 Å². The Balaban J connectivity index is 1.62. The number of ether oxygens (including phenoxy) is 1. The molecule has 2 heterocycles. The van der Waals surface area contributed by atoms with Gasteiger partial charge in [-0.05, 0) is 66.4 Å². The molecule has 4 N–H and O–H groups in total. The van der Waals surface area contributed by atoms with E-state index in [1.165, 1.54) is 24.4 Å². The largest absolute Gasteiger partial charge is 0.494 e. The van der Waals surface area contributed by atoms with Gasteiger partial charge in [0.05, 0.1) is 35.1 Å². The van der Waals surface area contributed by atoms with Crippen molar-refractivity contribution in [2.24, 2.45) is 5.41 Å². The van der Waals surface area contributed by atoms with Gasteiger partial charge >= 0.3 is 0 Å². The summed E-state index contributed by atoms with van der Waals surface area (Å²) < 4.78 is 20.8. The van der Waals surface area contributed by atoms with E-state index in [-0.39, 0.29) is 28.3 Å². The van der Waals surface area contributed by atoms with Crippen LogP contribution in [0.2, 0.25) is 5.02 Å². The molecule has 4 rings (SSSR count). The van der Waals surface area contributed by atoms with Crippen LogP contribution in [0.25, 0.3) is 10.9 Å². The number of fused-ring (bicyclic) bond motifs is 1. The van der Waals surface area contributed by atoms with Crippen LogP contribution in [0.3, 0.4) is 0 Å². The second-order valence-electron chi connectivity index (χ2n) is 11.6. The number of likely N-dealkylation sites (N-methyl/N-ethyl adjacent to an activating group) is 1. The highest BCUT2D eigenvalue weighted by atomic mass is 79.9. The molecular formula is C30H36BrClFN7O4. The number of nitrogens with zero attached hydrogens (tertiary/aromatic N) is 3. The number of halogens is 3. The number of amides is 3. The number of hydrogen-bond donors (Lipinski definition) is 4. The average Bonchev–Trinajstić information content (AvgIpc) is 3.49. The lowest BCUT2D eigenvalue weighted by Crippen LogP contribution is -2.59. The minimum Gasteiger partial charge on any atom is -0.494 e. The third-order valence-electron chi connectivity index (χ3n) is 7.57. The molecule has 1 fully saturated rings. The molecule has 0 radical (unpaired) electrons. The van der Waals surface area contributed by atoms with Crippen molar-refractivity contribution in [2.45, 2.75) is 58.7 Å². The highest BCUT2D eigenvalue weighted by molar-refractivity contribution is 9.10. The highest BCUT2D eigenvalue weighted by Gasteiger charge is 2.42. The molecule has 44 heavy (non-hydrogen) atoms. The minimum atomic E-state index is -0.840. The van der Waals surface area contributed by atoms with Gasteiger partial charge in [0.2, 0.25) is 17.7 Å². The van der Waals surface area contributed by atoms with Gasteiger partial charge in [0.1, 0.15) is 30.0 Å². The third kappa shape index (κ3) is 7.05. The van der Waals surface area contributed by atoms with Crippen LogP contribution in [-0.4, -0.2) is 71.4 Å². The van der Waals surface area contributed by atoms with E-state index in [2.05, 4.69) is 47.2 Å². The molecule has 11 nitrogen and oxygen atoms in total. The molecule has 3 atom stereocenters. The molecule has 2 aromatic carbocycles. The Kier molecular flexibility index (Phi) is 10.3.